The molecule has 90 valence electrons. The first kappa shape index (κ1) is 13.8. The van der Waals surface area contributed by atoms with E-state index in [1.165, 1.54) is 6.42 Å². The standard InChI is InChI=1S/C12H16ClNO.ClH/c13-10-6-4-8(5-7-10)11(14)12(15)9-2-1-3-9;/h4-7,9,11-12,15H,1-3,14H2;1H/t11-,12+;/m0./s1. The third kappa shape index (κ3) is 2.89. The van der Waals surface area contributed by atoms with Crippen molar-refractivity contribution in [3.05, 3.63) is 34.9 Å². The first-order chi connectivity index (χ1) is 7.18. The number of hydrogen-bond acceptors (Lipinski definition) is 2. The fourth-order valence-corrected chi connectivity index (χ4v) is 2.08. The van der Waals surface area contributed by atoms with Crippen molar-refractivity contribution in [2.45, 2.75) is 31.4 Å². The summed E-state index contributed by atoms with van der Waals surface area (Å²) in [5.74, 6) is 0.385. The van der Waals surface area contributed by atoms with Crippen molar-refractivity contribution in [1.29, 1.82) is 0 Å². The van der Waals surface area contributed by atoms with Crippen molar-refractivity contribution < 1.29 is 5.11 Å². The molecule has 3 N–H and O–H groups in total. The van der Waals surface area contributed by atoms with E-state index in [1.54, 1.807) is 0 Å². The number of nitrogens with two attached hydrogens (primary N) is 1. The van der Waals surface area contributed by atoms with Gasteiger partial charge in [0.1, 0.15) is 0 Å². The predicted octanol–water partition coefficient (Wildman–Crippen LogP) is 2.92. The Labute approximate surface area is 107 Å². The number of rotatable bonds is 3. The molecule has 2 nitrogen and oxygen atoms in total. The van der Waals surface area contributed by atoms with Crippen LogP contribution in [0.1, 0.15) is 30.9 Å². The Morgan fingerprint density at radius 3 is 2.25 bits per heavy atom. The zero-order valence-electron chi connectivity index (χ0n) is 8.97. The first-order valence-electron chi connectivity index (χ1n) is 5.37. The molecular formula is C12H17Cl2NO. The van der Waals surface area contributed by atoms with Crippen LogP contribution in [0.4, 0.5) is 0 Å². The van der Waals surface area contributed by atoms with Crippen LogP contribution >= 0.6 is 24.0 Å². The van der Waals surface area contributed by atoms with Gasteiger partial charge in [-0.15, -0.1) is 12.4 Å². The largest absolute Gasteiger partial charge is 0.391 e. The molecule has 0 unspecified atom stereocenters. The van der Waals surface area contributed by atoms with Gasteiger partial charge in [0.25, 0.3) is 0 Å². The van der Waals surface area contributed by atoms with Gasteiger partial charge in [-0.05, 0) is 36.5 Å². The highest BCUT2D eigenvalue weighted by molar-refractivity contribution is 6.30. The van der Waals surface area contributed by atoms with Crippen LogP contribution in [0.15, 0.2) is 24.3 Å². The van der Waals surface area contributed by atoms with Gasteiger partial charge in [-0.1, -0.05) is 30.2 Å². The molecule has 0 aliphatic heterocycles. The smallest absolute Gasteiger partial charge is 0.0760 e. The summed E-state index contributed by atoms with van der Waals surface area (Å²) in [6.45, 7) is 0. The van der Waals surface area contributed by atoms with Crippen molar-refractivity contribution in [2.24, 2.45) is 11.7 Å². The van der Waals surface area contributed by atoms with Crippen LogP contribution < -0.4 is 5.73 Å². The summed E-state index contributed by atoms with van der Waals surface area (Å²) >= 11 is 5.79. The van der Waals surface area contributed by atoms with Crippen molar-refractivity contribution >= 4 is 24.0 Å². The quantitative estimate of drug-likeness (QED) is 0.879. The van der Waals surface area contributed by atoms with Gasteiger partial charge < -0.3 is 10.8 Å². The molecule has 4 heteroatoms. The second-order valence-electron chi connectivity index (χ2n) is 4.26. The molecule has 1 aliphatic carbocycles. The average molecular weight is 262 g/mol. The maximum atomic E-state index is 10.0. The highest BCUT2D eigenvalue weighted by Crippen LogP contribution is 2.34. The Morgan fingerprint density at radius 1 is 1.25 bits per heavy atom. The van der Waals surface area contributed by atoms with Crippen molar-refractivity contribution in [2.75, 3.05) is 0 Å². The Balaban J connectivity index is 0.00000128. The van der Waals surface area contributed by atoms with E-state index in [-0.39, 0.29) is 18.4 Å². The Bertz CT molecular complexity index is 324. The molecule has 0 heterocycles. The van der Waals surface area contributed by atoms with Gasteiger partial charge in [0.05, 0.1) is 12.1 Å². The molecular weight excluding hydrogens is 245 g/mol. The number of hydrogen-bond donors (Lipinski definition) is 2. The van der Waals surface area contributed by atoms with E-state index in [0.29, 0.717) is 10.9 Å². The van der Waals surface area contributed by atoms with Gasteiger partial charge in [-0.2, -0.15) is 0 Å². The number of aliphatic hydroxyl groups is 1. The second kappa shape index (κ2) is 5.87. The highest BCUT2D eigenvalue weighted by Gasteiger charge is 2.30. The maximum Gasteiger partial charge on any atom is 0.0760 e. The molecule has 1 aromatic rings. The van der Waals surface area contributed by atoms with Crippen LogP contribution in [0.25, 0.3) is 0 Å². The fraction of sp³-hybridized carbons (Fsp3) is 0.500. The normalized spacial score (nSPS) is 19.4. The van der Waals surface area contributed by atoms with Crippen LogP contribution in [-0.2, 0) is 0 Å². The number of halogens is 2. The van der Waals surface area contributed by atoms with Crippen LogP contribution in [0.2, 0.25) is 5.02 Å². The van der Waals surface area contributed by atoms with Gasteiger partial charge in [0.2, 0.25) is 0 Å². The average Bonchev–Trinajstić information content (AvgIpc) is 2.15. The zero-order chi connectivity index (χ0) is 10.8. The molecule has 0 saturated heterocycles. The molecule has 0 spiro atoms. The fourth-order valence-electron chi connectivity index (χ4n) is 1.96. The lowest BCUT2D eigenvalue weighted by atomic mass is 9.77. The van der Waals surface area contributed by atoms with Crippen molar-refractivity contribution in [3.8, 4) is 0 Å². The summed E-state index contributed by atoms with van der Waals surface area (Å²) in [5, 5.41) is 10.7. The molecule has 0 amide bonds. The van der Waals surface area contributed by atoms with Crippen molar-refractivity contribution in [1.82, 2.24) is 0 Å². The third-order valence-corrected chi connectivity index (χ3v) is 3.51. The zero-order valence-corrected chi connectivity index (χ0v) is 10.5. The van der Waals surface area contributed by atoms with E-state index < -0.39 is 6.10 Å². The van der Waals surface area contributed by atoms with Crippen LogP contribution in [0.5, 0.6) is 0 Å². The molecule has 1 saturated carbocycles. The van der Waals surface area contributed by atoms with E-state index in [0.717, 1.165) is 18.4 Å². The summed E-state index contributed by atoms with van der Waals surface area (Å²) in [6.07, 6.45) is 3.00. The van der Waals surface area contributed by atoms with Crippen molar-refractivity contribution in [3.63, 3.8) is 0 Å². The van der Waals surface area contributed by atoms with E-state index in [4.69, 9.17) is 17.3 Å². The molecule has 0 bridgehead atoms. The molecule has 2 atom stereocenters. The maximum absolute atomic E-state index is 10.0. The lowest BCUT2D eigenvalue weighted by Gasteiger charge is -2.33. The molecule has 1 aliphatic rings. The summed E-state index contributed by atoms with van der Waals surface area (Å²) in [5.41, 5.74) is 6.96. The first-order valence-corrected chi connectivity index (χ1v) is 5.75. The monoisotopic (exact) mass is 261 g/mol. The van der Waals surface area contributed by atoms with E-state index in [2.05, 4.69) is 0 Å². The Morgan fingerprint density at radius 2 is 1.81 bits per heavy atom. The molecule has 0 radical (unpaired) electrons. The van der Waals surface area contributed by atoms with E-state index in [1.807, 2.05) is 24.3 Å². The van der Waals surface area contributed by atoms with Gasteiger partial charge >= 0.3 is 0 Å². The molecule has 2 rings (SSSR count). The number of aliphatic hydroxyl groups excluding tert-OH is 1. The molecule has 16 heavy (non-hydrogen) atoms. The SMILES string of the molecule is Cl.N[C@@H](c1ccc(Cl)cc1)[C@H](O)C1CCC1. The van der Waals surface area contributed by atoms with Gasteiger partial charge in [0, 0.05) is 5.02 Å². The Kier molecular flexibility index (Phi) is 5.06. The van der Waals surface area contributed by atoms with E-state index >= 15 is 0 Å². The van der Waals surface area contributed by atoms with Crippen LogP contribution in [0.3, 0.4) is 0 Å². The van der Waals surface area contributed by atoms with Crippen LogP contribution in [-0.4, -0.2) is 11.2 Å². The minimum absolute atomic E-state index is 0. The summed E-state index contributed by atoms with van der Waals surface area (Å²) in [4.78, 5) is 0. The molecule has 1 aromatic carbocycles. The second-order valence-corrected chi connectivity index (χ2v) is 4.70. The summed E-state index contributed by atoms with van der Waals surface area (Å²) in [7, 11) is 0. The minimum Gasteiger partial charge on any atom is -0.391 e. The number of benzene rings is 1. The summed E-state index contributed by atoms with van der Waals surface area (Å²) < 4.78 is 0. The summed E-state index contributed by atoms with van der Waals surface area (Å²) in [6, 6.07) is 7.10. The molecule has 1 fully saturated rings. The van der Waals surface area contributed by atoms with Crippen LogP contribution in [0, 0.1) is 5.92 Å². The lowest BCUT2D eigenvalue weighted by molar-refractivity contribution is 0.0414. The van der Waals surface area contributed by atoms with Gasteiger partial charge in [-0.25, -0.2) is 0 Å². The van der Waals surface area contributed by atoms with E-state index in [9.17, 15) is 5.11 Å². The lowest BCUT2D eigenvalue weighted by Crippen LogP contribution is -2.36. The predicted molar refractivity (Wildman–Crippen MR) is 69.0 cm³/mol. The van der Waals surface area contributed by atoms with Gasteiger partial charge in [0.15, 0.2) is 0 Å². The minimum atomic E-state index is -0.417. The molecule has 0 aromatic heterocycles. The third-order valence-electron chi connectivity index (χ3n) is 3.26. The Hall–Kier alpha value is -0.280. The van der Waals surface area contributed by atoms with Gasteiger partial charge in [-0.3, -0.25) is 0 Å². The topological polar surface area (TPSA) is 46.2 Å². The highest BCUT2D eigenvalue weighted by atomic mass is 35.5.